The quantitative estimate of drug-likeness (QED) is 0.808. The largest absolute Gasteiger partial charge is 0.489 e. The maximum absolute atomic E-state index is 10.00. The number of rotatable bonds is 7. The van der Waals surface area contributed by atoms with Gasteiger partial charge in [0.2, 0.25) is 0 Å². The molecule has 0 bridgehead atoms. The molecular formula is C17H26ClNO2. The normalized spacial score (nSPS) is 23.8. The minimum Gasteiger partial charge on any atom is -0.489 e. The van der Waals surface area contributed by atoms with Crippen molar-refractivity contribution in [3.8, 4) is 5.75 Å². The van der Waals surface area contributed by atoms with E-state index in [1.165, 1.54) is 32.1 Å². The van der Waals surface area contributed by atoms with Crippen molar-refractivity contribution in [1.82, 2.24) is 5.32 Å². The van der Waals surface area contributed by atoms with Crippen LogP contribution in [0.1, 0.15) is 39.0 Å². The Morgan fingerprint density at radius 2 is 2.00 bits per heavy atom. The molecule has 1 aromatic rings. The van der Waals surface area contributed by atoms with Gasteiger partial charge in [-0.25, -0.2) is 0 Å². The van der Waals surface area contributed by atoms with Crippen LogP contribution in [0.4, 0.5) is 0 Å². The average Bonchev–Trinajstić information content (AvgIpc) is 2.52. The number of nitrogens with one attached hydrogen (secondary N) is 1. The zero-order valence-corrected chi connectivity index (χ0v) is 13.5. The standard InChI is InChI=1S/C17H26ClNO2/c1-2-13-7-9-14(10-8-13)19-11-15(20)12-21-17-6-4-3-5-16(17)18/h3-6,13-15,19-20H,2,7-12H2,1H3. The summed E-state index contributed by atoms with van der Waals surface area (Å²) in [5.74, 6) is 1.53. The minimum absolute atomic E-state index is 0.265. The summed E-state index contributed by atoms with van der Waals surface area (Å²) in [4.78, 5) is 0. The number of hydrogen-bond acceptors (Lipinski definition) is 3. The fourth-order valence-electron chi connectivity index (χ4n) is 2.88. The van der Waals surface area contributed by atoms with Crippen molar-refractivity contribution >= 4 is 11.6 Å². The Hall–Kier alpha value is -0.770. The van der Waals surface area contributed by atoms with Crippen molar-refractivity contribution in [1.29, 1.82) is 0 Å². The predicted molar refractivity (Wildman–Crippen MR) is 87.0 cm³/mol. The topological polar surface area (TPSA) is 41.5 Å². The number of ether oxygens (including phenoxy) is 1. The molecule has 2 N–H and O–H groups in total. The number of hydrogen-bond donors (Lipinski definition) is 2. The van der Waals surface area contributed by atoms with Crippen molar-refractivity contribution in [3.63, 3.8) is 0 Å². The van der Waals surface area contributed by atoms with Crippen LogP contribution >= 0.6 is 11.6 Å². The van der Waals surface area contributed by atoms with Gasteiger partial charge >= 0.3 is 0 Å². The number of aliphatic hydroxyl groups is 1. The first-order chi connectivity index (χ1) is 10.2. The summed E-state index contributed by atoms with van der Waals surface area (Å²) in [6.07, 6.45) is 5.83. The monoisotopic (exact) mass is 311 g/mol. The van der Waals surface area contributed by atoms with Crippen LogP contribution in [0.3, 0.4) is 0 Å². The maximum Gasteiger partial charge on any atom is 0.138 e. The lowest BCUT2D eigenvalue weighted by Gasteiger charge is -2.29. The Morgan fingerprint density at radius 1 is 1.29 bits per heavy atom. The summed E-state index contributed by atoms with van der Waals surface area (Å²) in [6.45, 7) is 3.11. The highest BCUT2D eigenvalue weighted by Gasteiger charge is 2.20. The van der Waals surface area contributed by atoms with E-state index in [9.17, 15) is 5.11 Å². The van der Waals surface area contributed by atoms with Gasteiger partial charge in [0.25, 0.3) is 0 Å². The summed E-state index contributed by atoms with van der Waals surface area (Å²) < 4.78 is 5.55. The first-order valence-corrected chi connectivity index (χ1v) is 8.35. The first-order valence-electron chi connectivity index (χ1n) is 7.97. The molecule has 0 aromatic heterocycles. The molecule has 1 fully saturated rings. The molecule has 21 heavy (non-hydrogen) atoms. The Bertz CT molecular complexity index is 419. The van der Waals surface area contributed by atoms with Crippen LogP contribution in [-0.4, -0.2) is 30.4 Å². The zero-order chi connectivity index (χ0) is 15.1. The average molecular weight is 312 g/mol. The van der Waals surface area contributed by atoms with Crippen LogP contribution < -0.4 is 10.1 Å². The van der Waals surface area contributed by atoms with E-state index < -0.39 is 6.10 Å². The SMILES string of the molecule is CCC1CCC(NCC(O)COc2ccccc2Cl)CC1. The smallest absolute Gasteiger partial charge is 0.138 e. The molecule has 0 radical (unpaired) electrons. The molecule has 4 heteroatoms. The van der Waals surface area contributed by atoms with Gasteiger partial charge in [-0.3, -0.25) is 0 Å². The van der Waals surface area contributed by atoms with Gasteiger partial charge in [0.1, 0.15) is 18.5 Å². The highest BCUT2D eigenvalue weighted by atomic mass is 35.5. The summed E-state index contributed by atoms with van der Waals surface area (Å²) in [6, 6.07) is 7.88. The lowest BCUT2D eigenvalue weighted by Crippen LogP contribution is -2.39. The van der Waals surface area contributed by atoms with Gasteiger partial charge in [0, 0.05) is 12.6 Å². The Labute approximate surface area is 132 Å². The molecule has 0 amide bonds. The summed E-state index contributed by atoms with van der Waals surface area (Å²) in [5, 5.41) is 14.0. The Morgan fingerprint density at radius 3 is 2.67 bits per heavy atom. The first kappa shape index (κ1) is 16.6. The van der Waals surface area contributed by atoms with E-state index in [2.05, 4.69) is 12.2 Å². The molecule has 1 aliphatic rings. The number of para-hydroxylation sites is 1. The summed E-state index contributed by atoms with van der Waals surface area (Å²) in [7, 11) is 0. The maximum atomic E-state index is 10.00. The lowest BCUT2D eigenvalue weighted by molar-refractivity contribution is 0.101. The second kappa shape index (κ2) is 8.62. The van der Waals surface area contributed by atoms with E-state index in [0.717, 1.165) is 5.92 Å². The molecule has 3 nitrogen and oxygen atoms in total. The summed E-state index contributed by atoms with van der Waals surface area (Å²) in [5.41, 5.74) is 0. The molecule has 2 rings (SSSR count). The summed E-state index contributed by atoms with van der Waals surface area (Å²) >= 11 is 6.01. The highest BCUT2D eigenvalue weighted by molar-refractivity contribution is 6.32. The van der Waals surface area contributed by atoms with Crippen molar-refractivity contribution in [2.45, 2.75) is 51.2 Å². The number of benzene rings is 1. The molecule has 0 heterocycles. The minimum atomic E-state index is -0.509. The molecule has 1 saturated carbocycles. The van der Waals surface area contributed by atoms with Crippen LogP contribution in [0.15, 0.2) is 24.3 Å². The fraction of sp³-hybridized carbons (Fsp3) is 0.647. The third-order valence-corrected chi connectivity index (χ3v) is 4.65. The molecule has 1 aromatic carbocycles. The highest BCUT2D eigenvalue weighted by Crippen LogP contribution is 2.26. The molecule has 1 atom stereocenters. The van der Waals surface area contributed by atoms with Gasteiger partial charge in [0.15, 0.2) is 0 Å². The van der Waals surface area contributed by atoms with Crippen LogP contribution in [0.25, 0.3) is 0 Å². The third-order valence-electron chi connectivity index (χ3n) is 4.33. The Balaban J connectivity index is 1.64. The van der Waals surface area contributed by atoms with E-state index in [-0.39, 0.29) is 6.61 Å². The third kappa shape index (κ3) is 5.50. The zero-order valence-electron chi connectivity index (χ0n) is 12.7. The van der Waals surface area contributed by atoms with Gasteiger partial charge < -0.3 is 15.2 Å². The van der Waals surface area contributed by atoms with E-state index in [4.69, 9.17) is 16.3 Å². The molecular weight excluding hydrogens is 286 g/mol. The molecule has 0 spiro atoms. The molecule has 1 aliphatic carbocycles. The predicted octanol–water partition coefficient (Wildman–Crippen LogP) is 3.64. The van der Waals surface area contributed by atoms with E-state index in [1.54, 1.807) is 6.07 Å². The van der Waals surface area contributed by atoms with Crippen LogP contribution in [0, 0.1) is 5.92 Å². The molecule has 1 unspecified atom stereocenters. The fourth-order valence-corrected chi connectivity index (χ4v) is 3.07. The van der Waals surface area contributed by atoms with Crippen molar-refractivity contribution < 1.29 is 9.84 Å². The van der Waals surface area contributed by atoms with Crippen molar-refractivity contribution in [2.75, 3.05) is 13.2 Å². The van der Waals surface area contributed by atoms with Crippen molar-refractivity contribution in [2.24, 2.45) is 5.92 Å². The van der Waals surface area contributed by atoms with Gasteiger partial charge in [-0.1, -0.05) is 37.1 Å². The molecule has 118 valence electrons. The van der Waals surface area contributed by atoms with E-state index in [1.807, 2.05) is 18.2 Å². The van der Waals surface area contributed by atoms with Crippen LogP contribution in [0.5, 0.6) is 5.75 Å². The number of halogens is 1. The van der Waals surface area contributed by atoms with Gasteiger partial charge in [-0.15, -0.1) is 0 Å². The second-order valence-corrected chi connectivity index (χ2v) is 6.34. The Kier molecular flexibility index (Phi) is 6.81. The van der Waals surface area contributed by atoms with Crippen LogP contribution in [0.2, 0.25) is 5.02 Å². The molecule has 0 aliphatic heterocycles. The number of aliphatic hydroxyl groups excluding tert-OH is 1. The lowest BCUT2D eigenvalue weighted by atomic mass is 9.84. The van der Waals surface area contributed by atoms with E-state index in [0.29, 0.717) is 23.4 Å². The van der Waals surface area contributed by atoms with Gasteiger partial charge in [0.05, 0.1) is 5.02 Å². The van der Waals surface area contributed by atoms with Crippen LogP contribution in [-0.2, 0) is 0 Å². The van der Waals surface area contributed by atoms with Gasteiger partial charge in [-0.2, -0.15) is 0 Å². The van der Waals surface area contributed by atoms with Gasteiger partial charge in [-0.05, 0) is 43.7 Å². The molecule has 0 saturated heterocycles. The van der Waals surface area contributed by atoms with Crippen molar-refractivity contribution in [3.05, 3.63) is 29.3 Å². The van der Waals surface area contributed by atoms with E-state index >= 15 is 0 Å². The second-order valence-electron chi connectivity index (χ2n) is 5.93.